The quantitative estimate of drug-likeness (QED) is 0.663. The van der Waals surface area contributed by atoms with Crippen LogP contribution in [0.5, 0.6) is 0 Å². The summed E-state index contributed by atoms with van der Waals surface area (Å²) in [4.78, 5) is 54.3. The number of fused-ring (bicyclic) bond motifs is 1. The average Bonchev–Trinajstić information content (AvgIpc) is 3.29. The van der Waals surface area contributed by atoms with Crippen LogP contribution in [0.15, 0.2) is 46.0 Å². The van der Waals surface area contributed by atoms with Crippen LogP contribution in [0.3, 0.4) is 0 Å². The van der Waals surface area contributed by atoms with Gasteiger partial charge in [0.25, 0.3) is 17.4 Å². The molecule has 2 N–H and O–H groups in total. The lowest BCUT2D eigenvalue weighted by Crippen LogP contribution is -2.37. The number of para-hydroxylation sites is 1. The topological polar surface area (TPSA) is 115 Å². The Labute approximate surface area is 177 Å². The van der Waals surface area contributed by atoms with Crippen molar-refractivity contribution in [1.29, 1.82) is 0 Å². The van der Waals surface area contributed by atoms with Crippen LogP contribution < -0.4 is 21.9 Å². The molecule has 9 nitrogen and oxygen atoms in total. The average molecular weight is 421 g/mol. The summed E-state index contributed by atoms with van der Waals surface area (Å²) in [6.07, 6.45) is 4.12. The molecule has 0 aliphatic heterocycles. The van der Waals surface area contributed by atoms with Gasteiger partial charge in [0.05, 0.1) is 16.6 Å². The van der Waals surface area contributed by atoms with E-state index in [0.717, 1.165) is 30.3 Å². The normalized spacial score (nSPS) is 14.0. The maximum atomic E-state index is 12.8. The molecule has 1 fully saturated rings. The van der Waals surface area contributed by atoms with Gasteiger partial charge in [0, 0.05) is 20.1 Å². The molecule has 2 amide bonds. The number of hydrogen-bond acceptors (Lipinski definition) is 5. The number of hydrogen-bond donors (Lipinski definition) is 2. The van der Waals surface area contributed by atoms with E-state index in [9.17, 15) is 19.2 Å². The highest BCUT2D eigenvalue weighted by Gasteiger charge is 2.21. The van der Waals surface area contributed by atoms with Gasteiger partial charge in [-0.05, 0) is 37.1 Å². The number of aryl methyl sites for hydroxylation is 1. The third kappa shape index (κ3) is 3.86. The first kappa shape index (κ1) is 20.5. The molecule has 1 aliphatic rings. The Balaban J connectivity index is 1.63. The summed E-state index contributed by atoms with van der Waals surface area (Å²) in [6.45, 7) is 0. The Morgan fingerprint density at radius 2 is 1.68 bits per heavy atom. The van der Waals surface area contributed by atoms with Crippen molar-refractivity contribution < 1.29 is 9.59 Å². The van der Waals surface area contributed by atoms with Crippen molar-refractivity contribution in [3.05, 3.63) is 68.5 Å². The summed E-state index contributed by atoms with van der Waals surface area (Å²) in [5.41, 5.74) is -0.134. The number of anilines is 1. The summed E-state index contributed by atoms with van der Waals surface area (Å²) in [7, 11) is 2.87. The molecule has 0 radical (unpaired) electrons. The van der Waals surface area contributed by atoms with Crippen molar-refractivity contribution in [2.24, 2.45) is 14.1 Å². The minimum atomic E-state index is -0.545. The Hall–Kier alpha value is -3.75. The van der Waals surface area contributed by atoms with Gasteiger partial charge < -0.3 is 10.6 Å². The summed E-state index contributed by atoms with van der Waals surface area (Å²) >= 11 is 0. The number of nitrogens with zero attached hydrogens (tertiary/aromatic N) is 3. The van der Waals surface area contributed by atoms with Crippen molar-refractivity contribution in [3.63, 3.8) is 0 Å². The van der Waals surface area contributed by atoms with Crippen molar-refractivity contribution in [2.75, 3.05) is 5.32 Å². The van der Waals surface area contributed by atoms with Crippen LogP contribution in [0.25, 0.3) is 11.0 Å². The Morgan fingerprint density at radius 1 is 0.968 bits per heavy atom. The van der Waals surface area contributed by atoms with Gasteiger partial charge in [-0.3, -0.25) is 23.5 Å². The van der Waals surface area contributed by atoms with E-state index in [2.05, 4.69) is 15.6 Å². The number of carbonyl (C=O) groups excluding carboxylic acids is 2. The van der Waals surface area contributed by atoms with E-state index in [1.807, 2.05) is 0 Å². The molecular weight excluding hydrogens is 398 g/mol. The first-order chi connectivity index (χ1) is 14.9. The van der Waals surface area contributed by atoms with Crippen LogP contribution in [0.2, 0.25) is 0 Å². The summed E-state index contributed by atoms with van der Waals surface area (Å²) < 4.78 is 2.21. The van der Waals surface area contributed by atoms with Gasteiger partial charge in [0.15, 0.2) is 0 Å². The number of benzene rings is 1. The molecule has 1 saturated carbocycles. The predicted octanol–water partition coefficient (Wildman–Crippen LogP) is 1.56. The maximum absolute atomic E-state index is 12.8. The van der Waals surface area contributed by atoms with Crippen LogP contribution in [0, 0.1) is 0 Å². The highest BCUT2D eigenvalue weighted by molar-refractivity contribution is 6.08. The van der Waals surface area contributed by atoms with Gasteiger partial charge in [0.2, 0.25) is 0 Å². The minimum absolute atomic E-state index is 0.0294. The third-order valence-corrected chi connectivity index (χ3v) is 5.64. The van der Waals surface area contributed by atoms with Gasteiger partial charge in [-0.25, -0.2) is 9.78 Å². The minimum Gasteiger partial charge on any atom is -0.349 e. The molecule has 2 aromatic heterocycles. The molecule has 1 aromatic carbocycles. The van der Waals surface area contributed by atoms with Crippen LogP contribution >= 0.6 is 0 Å². The van der Waals surface area contributed by atoms with Crippen LogP contribution in [0.4, 0.5) is 5.69 Å². The monoisotopic (exact) mass is 421 g/mol. The van der Waals surface area contributed by atoms with E-state index in [1.165, 1.54) is 30.8 Å². The lowest BCUT2D eigenvalue weighted by molar-refractivity contribution is 0.0938. The molecule has 3 aromatic rings. The number of aromatic nitrogens is 3. The van der Waals surface area contributed by atoms with Crippen molar-refractivity contribution in [1.82, 2.24) is 19.4 Å². The van der Waals surface area contributed by atoms with Crippen molar-refractivity contribution in [2.45, 2.75) is 31.7 Å². The molecule has 0 spiro atoms. The fraction of sp³-hybridized carbons (Fsp3) is 0.318. The van der Waals surface area contributed by atoms with E-state index in [-0.39, 0.29) is 28.7 Å². The number of amides is 2. The molecule has 0 unspecified atom stereocenters. The molecule has 4 rings (SSSR count). The van der Waals surface area contributed by atoms with E-state index in [4.69, 9.17) is 0 Å². The lowest BCUT2D eigenvalue weighted by Gasteiger charge is -2.15. The lowest BCUT2D eigenvalue weighted by atomic mass is 10.1. The highest BCUT2D eigenvalue weighted by Crippen LogP contribution is 2.21. The summed E-state index contributed by atoms with van der Waals surface area (Å²) in [6, 6.07) is 9.81. The zero-order valence-electron chi connectivity index (χ0n) is 17.3. The summed E-state index contributed by atoms with van der Waals surface area (Å²) in [5, 5.41) is 5.98. The van der Waals surface area contributed by atoms with Gasteiger partial charge in [-0.15, -0.1) is 0 Å². The number of rotatable bonds is 4. The number of pyridine rings is 1. The molecule has 1 aliphatic carbocycles. The fourth-order valence-corrected chi connectivity index (χ4v) is 3.89. The van der Waals surface area contributed by atoms with Crippen LogP contribution in [-0.2, 0) is 14.1 Å². The molecule has 2 heterocycles. The molecule has 31 heavy (non-hydrogen) atoms. The smallest absolute Gasteiger partial charge is 0.332 e. The number of carbonyl (C=O) groups is 2. The number of nitrogens with one attached hydrogen (secondary N) is 2. The SMILES string of the molecule is Cn1c(=O)c2ccc(C(=O)Nc3ccccc3C(=O)NC3CCCC3)nc2n(C)c1=O. The van der Waals surface area contributed by atoms with E-state index < -0.39 is 17.2 Å². The highest BCUT2D eigenvalue weighted by atomic mass is 16.2. The Morgan fingerprint density at radius 3 is 2.42 bits per heavy atom. The molecule has 0 saturated heterocycles. The van der Waals surface area contributed by atoms with E-state index in [1.54, 1.807) is 24.3 Å². The standard InChI is InChI=1S/C22H23N5O4/c1-26-18-15(21(30)27(2)22(26)31)11-12-17(24-18)20(29)25-16-10-6-5-9-14(16)19(28)23-13-7-3-4-8-13/h5-6,9-13H,3-4,7-8H2,1-2H3,(H,23,28)(H,25,29). The van der Waals surface area contributed by atoms with Crippen molar-refractivity contribution in [3.8, 4) is 0 Å². The second kappa shape index (κ2) is 8.17. The van der Waals surface area contributed by atoms with Gasteiger partial charge in [0.1, 0.15) is 11.3 Å². The Kier molecular flexibility index (Phi) is 5.41. The third-order valence-electron chi connectivity index (χ3n) is 5.64. The van der Waals surface area contributed by atoms with Gasteiger partial charge in [-0.1, -0.05) is 25.0 Å². The Bertz CT molecular complexity index is 1300. The van der Waals surface area contributed by atoms with E-state index in [0.29, 0.717) is 11.3 Å². The van der Waals surface area contributed by atoms with Gasteiger partial charge in [-0.2, -0.15) is 0 Å². The van der Waals surface area contributed by atoms with Crippen molar-refractivity contribution >= 4 is 28.5 Å². The van der Waals surface area contributed by atoms with Gasteiger partial charge >= 0.3 is 5.69 Å². The molecule has 160 valence electrons. The summed E-state index contributed by atoms with van der Waals surface area (Å²) in [5.74, 6) is -0.781. The maximum Gasteiger partial charge on any atom is 0.332 e. The first-order valence-corrected chi connectivity index (χ1v) is 10.1. The van der Waals surface area contributed by atoms with E-state index >= 15 is 0 Å². The second-order valence-electron chi connectivity index (χ2n) is 7.73. The molecular formula is C22H23N5O4. The van der Waals surface area contributed by atoms with Crippen LogP contribution in [-0.4, -0.2) is 32.0 Å². The predicted molar refractivity (Wildman–Crippen MR) is 116 cm³/mol. The second-order valence-corrected chi connectivity index (χ2v) is 7.73. The molecule has 9 heteroatoms. The molecule has 0 atom stereocenters. The first-order valence-electron chi connectivity index (χ1n) is 10.1. The fourth-order valence-electron chi connectivity index (χ4n) is 3.89. The largest absolute Gasteiger partial charge is 0.349 e. The zero-order chi connectivity index (χ0) is 22.1. The zero-order valence-corrected chi connectivity index (χ0v) is 17.3. The van der Waals surface area contributed by atoms with Crippen LogP contribution in [0.1, 0.15) is 46.5 Å². The molecule has 0 bridgehead atoms.